The highest BCUT2D eigenvalue weighted by Gasteiger charge is 2.31. The van der Waals surface area contributed by atoms with Gasteiger partial charge in [0.05, 0.1) is 6.42 Å². The molecule has 0 unspecified atom stereocenters. The van der Waals surface area contributed by atoms with Gasteiger partial charge in [-0.3, -0.25) is 4.79 Å². The number of amides is 1. The highest BCUT2D eigenvalue weighted by molar-refractivity contribution is 5.76. The zero-order valence-electron chi connectivity index (χ0n) is 10.5. The molecule has 0 aromatic carbocycles. The van der Waals surface area contributed by atoms with Crippen LogP contribution >= 0.6 is 0 Å². The predicted molar refractivity (Wildman–Crippen MR) is 62.9 cm³/mol. The molecule has 0 atom stereocenters. The summed E-state index contributed by atoms with van der Waals surface area (Å²) >= 11 is 0. The summed E-state index contributed by atoms with van der Waals surface area (Å²) in [6, 6.07) is 0.0861. The number of hydrogen-bond donors (Lipinski definition) is 1. The molecule has 0 bridgehead atoms. The molecule has 3 nitrogen and oxygen atoms in total. The van der Waals surface area contributed by atoms with Gasteiger partial charge in [0.25, 0.3) is 0 Å². The van der Waals surface area contributed by atoms with Gasteiger partial charge < -0.3 is 10.6 Å². The van der Waals surface area contributed by atoms with E-state index < -0.39 is 24.9 Å². The highest BCUT2D eigenvalue weighted by Crippen LogP contribution is 2.25. The van der Waals surface area contributed by atoms with Gasteiger partial charge in [0, 0.05) is 25.6 Å². The van der Waals surface area contributed by atoms with Crippen LogP contribution in [0.1, 0.15) is 44.9 Å². The van der Waals surface area contributed by atoms with Crippen LogP contribution in [0, 0.1) is 0 Å². The average molecular weight is 266 g/mol. The van der Waals surface area contributed by atoms with Crippen molar-refractivity contribution >= 4 is 5.91 Å². The van der Waals surface area contributed by atoms with Crippen LogP contribution in [0.3, 0.4) is 0 Å². The molecule has 0 aromatic rings. The first-order valence-electron chi connectivity index (χ1n) is 6.50. The second kappa shape index (κ2) is 6.97. The Kier molecular flexibility index (Phi) is 5.91. The minimum atomic E-state index is -4.27. The maximum Gasteiger partial charge on any atom is 0.389 e. The summed E-state index contributed by atoms with van der Waals surface area (Å²) in [4.78, 5) is 13.4. The fraction of sp³-hybridized carbons (Fsp3) is 0.917. The zero-order valence-corrected chi connectivity index (χ0v) is 10.5. The molecule has 1 rings (SSSR count). The van der Waals surface area contributed by atoms with Crippen molar-refractivity contribution in [2.45, 2.75) is 57.2 Å². The molecule has 106 valence electrons. The van der Waals surface area contributed by atoms with Gasteiger partial charge in [0.2, 0.25) is 5.91 Å². The first-order chi connectivity index (χ1) is 8.44. The SMILES string of the molecule is NCCN(C(=O)CCC(F)(F)F)C1CCCCC1. The lowest BCUT2D eigenvalue weighted by Gasteiger charge is -2.34. The molecule has 0 spiro atoms. The third-order valence-electron chi connectivity index (χ3n) is 3.33. The Morgan fingerprint density at radius 2 is 1.83 bits per heavy atom. The first kappa shape index (κ1) is 15.3. The van der Waals surface area contributed by atoms with Crippen molar-refractivity contribution in [2.75, 3.05) is 13.1 Å². The van der Waals surface area contributed by atoms with Crippen LogP contribution in [0.5, 0.6) is 0 Å². The van der Waals surface area contributed by atoms with Crippen LogP contribution in [0.15, 0.2) is 0 Å². The number of carbonyl (C=O) groups excluding carboxylic acids is 1. The number of nitrogens with zero attached hydrogens (tertiary/aromatic N) is 1. The van der Waals surface area contributed by atoms with Crippen LogP contribution in [0.25, 0.3) is 0 Å². The molecule has 0 radical (unpaired) electrons. The molecule has 0 aromatic heterocycles. The van der Waals surface area contributed by atoms with Crippen molar-refractivity contribution in [1.29, 1.82) is 0 Å². The van der Waals surface area contributed by atoms with E-state index in [1.807, 2.05) is 0 Å². The lowest BCUT2D eigenvalue weighted by molar-refractivity contribution is -0.150. The van der Waals surface area contributed by atoms with Crippen LogP contribution < -0.4 is 5.73 Å². The van der Waals surface area contributed by atoms with Crippen LogP contribution in [-0.4, -0.2) is 36.1 Å². The largest absolute Gasteiger partial charge is 0.389 e. The van der Waals surface area contributed by atoms with E-state index in [0.717, 1.165) is 32.1 Å². The topological polar surface area (TPSA) is 46.3 Å². The normalized spacial score (nSPS) is 17.8. The van der Waals surface area contributed by atoms with Gasteiger partial charge in [-0.15, -0.1) is 0 Å². The lowest BCUT2D eigenvalue weighted by Crippen LogP contribution is -2.44. The van der Waals surface area contributed by atoms with E-state index in [1.165, 1.54) is 0 Å². The van der Waals surface area contributed by atoms with E-state index in [1.54, 1.807) is 4.90 Å². The summed E-state index contributed by atoms with van der Waals surface area (Å²) in [5.74, 6) is -0.412. The predicted octanol–water partition coefficient (Wildman–Crippen LogP) is 2.45. The van der Waals surface area contributed by atoms with Crippen molar-refractivity contribution in [3.05, 3.63) is 0 Å². The van der Waals surface area contributed by atoms with Gasteiger partial charge in [-0.25, -0.2) is 0 Å². The maximum atomic E-state index is 12.1. The molecule has 0 heterocycles. The van der Waals surface area contributed by atoms with Crippen molar-refractivity contribution in [2.24, 2.45) is 5.73 Å². The van der Waals surface area contributed by atoms with E-state index in [4.69, 9.17) is 5.73 Å². The number of hydrogen-bond acceptors (Lipinski definition) is 2. The average Bonchev–Trinajstić information content (AvgIpc) is 2.33. The van der Waals surface area contributed by atoms with E-state index in [0.29, 0.717) is 13.1 Å². The zero-order chi connectivity index (χ0) is 13.6. The monoisotopic (exact) mass is 266 g/mol. The number of alkyl halides is 3. The van der Waals surface area contributed by atoms with E-state index in [-0.39, 0.29) is 6.04 Å². The highest BCUT2D eigenvalue weighted by atomic mass is 19.4. The van der Waals surface area contributed by atoms with Crippen LogP contribution in [0.2, 0.25) is 0 Å². The third-order valence-corrected chi connectivity index (χ3v) is 3.33. The molecule has 2 N–H and O–H groups in total. The Morgan fingerprint density at radius 3 is 2.33 bits per heavy atom. The molecule has 1 saturated carbocycles. The Morgan fingerprint density at radius 1 is 1.22 bits per heavy atom. The Balaban J connectivity index is 2.51. The van der Waals surface area contributed by atoms with Gasteiger partial charge in [0.1, 0.15) is 0 Å². The van der Waals surface area contributed by atoms with Gasteiger partial charge in [-0.2, -0.15) is 13.2 Å². The molecule has 1 aliphatic rings. The Bertz CT molecular complexity index is 263. The number of carbonyl (C=O) groups is 1. The molecule has 18 heavy (non-hydrogen) atoms. The molecular formula is C12H21F3N2O. The minimum absolute atomic E-state index is 0.0861. The van der Waals surface area contributed by atoms with Crippen LogP contribution in [0.4, 0.5) is 13.2 Å². The van der Waals surface area contributed by atoms with Crippen molar-refractivity contribution in [3.8, 4) is 0 Å². The van der Waals surface area contributed by atoms with Gasteiger partial charge >= 0.3 is 6.18 Å². The summed E-state index contributed by atoms with van der Waals surface area (Å²) in [7, 11) is 0. The summed E-state index contributed by atoms with van der Waals surface area (Å²) in [5.41, 5.74) is 5.44. The fourth-order valence-electron chi connectivity index (χ4n) is 2.43. The van der Waals surface area contributed by atoms with Crippen LogP contribution in [-0.2, 0) is 4.79 Å². The summed E-state index contributed by atoms with van der Waals surface area (Å²) in [6.45, 7) is 0.662. The van der Waals surface area contributed by atoms with E-state index in [9.17, 15) is 18.0 Å². The molecule has 1 amide bonds. The van der Waals surface area contributed by atoms with Crippen molar-refractivity contribution < 1.29 is 18.0 Å². The Labute approximate surface area is 106 Å². The first-order valence-corrected chi connectivity index (χ1v) is 6.50. The molecule has 0 saturated heterocycles. The molecule has 1 fully saturated rings. The van der Waals surface area contributed by atoms with Crippen molar-refractivity contribution in [1.82, 2.24) is 4.90 Å². The van der Waals surface area contributed by atoms with E-state index >= 15 is 0 Å². The van der Waals surface area contributed by atoms with Gasteiger partial charge in [-0.05, 0) is 12.8 Å². The molecule has 6 heteroatoms. The second-order valence-corrected chi connectivity index (χ2v) is 4.78. The summed E-state index contributed by atoms with van der Waals surface area (Å²) in [5, 5.41) is 0. The summed E-state index contributed by atoms with van der Waals surface area (Å²) in [6.07, 6.45) is -0.772. The third kappa shape index (κ3) is 5.25. The maximum absolute atomic E-state index is 12.1. The van der Waals surface area contributed by atoms with E-state index in [2.05, 4.69) is 0 Å². The molecule has 0 aliphatic heterocycles. The van der Waals surface area contributed by atoms with Crippen molar-refractivity contribution in [3.63, 3.8) is 0 Å². The molecule has 1 aliphatic carbocycles. The summed E-state index contributed by atoms with van der Waals surface area (Å²) < 4.78 is 36.3. The molecular weight excluding hydrogens is 245 g/mol. The second-order valence-electron chi connectivity index (χ2n) is 4.78. The smallest absolute Gasteiger partial charge is 0.338 e. The fourth-order valence-corrected chi connectivity index (χ4v) is 2.43. The Hall–Kier alpha value is -0.780. The standard InChI is InChI=1S/C12H21F3N2O/c13-12(14,15)7-6-11(18)17(9-8-16)10-4-2-1-3-5-10/h10H,1-9,16H2. The minimum Gasteiger partial charge on any atom is -0.338 e. The number of rotatable bonds is 5. The number of nitrogens with two attached hydrogens (primary N) is 1. The lowest BCUT2D eigenvalue weighted by atomic mass is 9.94. The quantitative estimate of drug-likeness (QED) is 0.830. The van der Waals surface area contributed by atoms with Gasteiger partial charge in [0.15, 0.2) is 0 Å². The van der Waals surface area contributed by atoms with Gasteiger partial charge in [-0.1, -0.05) is 19.3 Å². The number of halogens is 3.